The molecule has 4 nitrogen and oxygen atoms in total. The molecule has 2 aliphatic rings. The van der Waals surface area contributed by atoms with Gasteiger partial charge in [0.2, 0.25) is 0 Å². The summed E-state index contributed by atoms with van der Waals surface area (Å²) >= 11 is 0. The molecule has 1 atom stereocenters. The third kappa shape index (κ3) is 4.75. The number of nitrogens with zero attached hydrogens (tertiary/aromatic N) is 2. The van der Waals surface area contributed by atoms with Gasteiger partial charge in [-0.2, -0.15) is 0 Å². The molecule has 3 rings (SSSR count). The molecule has 0 amide bonds. The van der Waals surface area contributed by atoms with E-state index in [2.05, 4.69) is 59.8 Å². The van der Waals surface area contributed by atoms with Crippen molar-refractivity contribution in [1.82, 2.24) is 15.5 Å². The van der Waals surface area contributed by atoms with Crippen LogP contribution in [0.25, 0.3) is 0 Å². The zero-order valence-electron chi connectivity index (χ0n) is 15.9. The molecule has 0 aromatic heterocycles. The molecule has 0 spiro atoms. The fraction of sp³-hybridized carbons (Fsp3) is 0.667. The maximum atomic E-state index is 4.97. The van der Waals surface area contributed by atoms with Crippen LogP contribution >= 0.6 is 0 Å². The summed E-state index contributed by atoms with van der Waals surface area (Å²) in [6.45, 7) is 7.40. The van der Waals surface area contributed by atoms with Crippen LogP contribution in [0.1, 0.15) is 44.6 Å². The summed E-state index contributed by atoms with van der Waals surface area (Å²) in [6, 6.07) is 11.0. The summed E-state index contributed by atoms with van der Waals surface area (Å²) in [5.74, 6) is 1.72. The first-order valence-electron chi connectivity index (χ1n) is 9.98. The van der Waals surface area contributed by atoms with E-state index in [1.807, 2.05) is 0 Å². The quantitative estimate of drug-likeness (QED) is 0.617. The Kier molecular flexibility index (Phi) is 6.35. The Morgan fingerprint density at radius 3 is 2.64 bits per heavy atom. The van der Waals surface area contributed by atoms with Crippen LogP contribution in [0.2, 0.25) is 0 Å². The van der Waals surface area contributed by atoms with E-state index < -0.39 is 0 Å². The molecule has 1 saturated carbocycles. The first-order valence-corrected chi connectivity index (χ1v) is 9.98. The Balaban J connectivity index is 1.59. The number of nitrogens with one attached hydrogen (secondary N) is 2. The lowest BCUT2D eigenvalue weighted by Crippen LogP contribution is -2.45. The van der Waals surface area contributed by atoms with Gasteiger partial charge >= 0.3 is 0 Å². The summed E-state index contributed by atoms with van der Waals surface area (Å²) in [5, 5.41) is 7.03. The van der Waals surface area contributed by atoms with E-state index in [-0.39, 0.29) is 5.41 Å². The highest BCUT2D eigenvalue weighted by molar-refractivity contribution is 5.79. The molecule has 138 valence electrons. The Morgan fingerprint density at radius 2 is 2.00 bits per heavy atom. The number of aliphatic imine (C=N–C) groups is 1. The van der Waals surface area contributed by atoms with Gasteiger partial charge in [0.25, 0.3) is 0 Å². The molecule has 2 fully saturated rings. The maximum Gasteiger partial charge on any atom is 0.191 e. The van der Waals surface area contributed by atoms with E-state index in [0.717, 1.165) is 31.5 Å². The van der Waals surface area contributed by atoms with E-state index in [1.54, 1.807) is 0 Å². The second-order valence-corrected chi connectivity index (χ2v) is 7.85. The predicted molar refractivity (Wildman–Crippen MR) is 106 cm³/mol. The summed E-state index contributed by atoms with van der Waals surface area (Å²) in [7, 11) is 2.23. The maximum absolute atomic E-state index is 4.97. The molecule has 2 N–H and O–H groups in total. The van der Waals surface area contributed by atoms with Crippen LogP contribution in [0.5, 0.6) is 0 Å². The zero-order chi connectivity index (χ0) is 17.5. The second kappa shape index (κ2) is 8.70. The highest BCUT2D eigenvalue weighted by Crippen LogP contribution is 2.43. The van der Waals surface area contributed by atoms with Gasteiger partial charge in [-0.3, -0.25) is 4.99 Å². The minimum absolute atomic E-state index is 0.259. The van der Waals surface area contributed by atoms with E-state index in [9.17, 15) is 0 Å². The SMILES string of the molecule is CCNC(=NCC1(c2ccccc2)CCC1)NCC1CCCN(C)C1. The molecule has 1 aromatic carbocycles. The average Bonchev–Trinajstić information content (AvgIpc) is 2.59. The Bertz CT molecular complexity index is 550. The van der Waals surface area contributed by atoms with Gasteiger partial charge in [-0.25, -0.2) is 0 Å². The van der Waals surface area contributed by atoms with Gasteiger partial charge < -0.3 is 15.5 Å². The molecule has 25 heavy (non-hydrogen) atoms. The molecule has 1 aliphatic heterocycles. The molecule has 0 radical (unpaired) electrons. The Hall–Kier alpha value is -1.55. The summed E-state index contributed by atoms with van der Waals surface area (Å²) in [5.41, 5.74) is 1.71. The molecule has 1 unspecified atom stereocenters. The number of likely N-dealkylation sites (tertiary alicyclic amines) is 1. The minimum Gasteiger partial charge on any atom is -0.357 e. The van der Waals surface area contributed by atoms with E-state index in [4.69, 9.17) is 4.99 Å². The topological polar surface area (TPSA) is 39.7 Å². The predicted octanol–water partition coefficient (Wildman–Crippen LogP) is 3.01. The van der Waals surface area contributed by atoms with Crippen molar-refractivity contribution in [1.29, 1.82) is 0 Å². The highest BCUT2D eigenvalue weighted by atomic mass is 15.2. The van der Waals surface area contributed by atoms with Crippen LogP contribution in [0.15, 0.2) is 35.3 Å². The smallest absolute Gasteiger partial charge is 0.191 e. The summed E-state index contributed by atoms with van der Waals surface area (Å²) < 4.78 is 0. The van der Waals surface area contributed by atoms with Crippen LogP contribution in [-0.2, 0) is 5.41 Å². The van der Waals surface area contributed by atoms with Crippen molar-refractivity contribution in [2.75, 3.05) is 39.8 Å². The van der Waals surface area contributed by atoms with E-state index in [1.165, 1.54) is 50.8 Å². The van der Waals surface area contributed by atoms with Crippen molar-refractivity contribution >= 4 is 5.96 Å². The highest BCUT2D eigenvalue weighted by Gasteiger charge is 2.38. The molecule has 0 bridgehead atoms. The third-order valence-corrected chi connectivity index (χ3v) is 5.86. The molecular weight excluding hydrogens is 308 g/mol. The summed E-state index contributed by atoms with van der Waals surface area (Å²) in [6.07, 6.45) is 6.47. The van der Waals surface area contributed by atoms with Crippen molar-refractivity contribution in [2.45, 2.75) is 44.4 Å². The normalized spacial score (nSPS) is 23.8. The van der Waals surface area contributed by atoms with Crippen molar-refractivity contribution < 1.29 is 0 Å². The van der Waals surface area contributed by atoms with Gasteiger partial charge in [0.05, 0.1) is 6.54 Å². The van der Waals surface area contributed by atoms with Gasteiger partial charge in [0.15, 0.2) is 5.96 Å². The van der Waals surface area contributed by atoms with Crippen LogP contribution in [0.4, 0.5) is 0 Å². The number of piperidine rings is 1. The lowest BCUT2D eigenvalue weighted by atomic mass is 9.64. The van der Waals surface area contributed by atoms with Gasteiger partial charge in [0, 0.05) is 25.0 Å². The molecular formula is C21H34N4. The molecule has 1 heterocycles. The second-order valence-electron chi connectivity index (χ2n) is 7.85. The fourth-order valence-electron chi connectivity index (χ4n) is 4.19. The Labute approximate surface area is 153 Å². The minimum atomic E-state index is 0.259. The Morgan fingerprint density at radius 1 is 1.20 bits per heavy atom. The molecule has 1 aromatic rings. The van der Waals surface area contributed by atoms with E-state index >= 15 is 0 Å². The summed E-state index contributed by atoms with van der Waals surface area (Å²) in [4.78, 5) is 7.41. The van der Waals surface area contributed by atoms with Crippen LogP contribution < -0.4 is 10.6 Å². The monoisotopic (exact) mass is 342 g/mol. The van der Waals surface area contributed by atoms with Crippen molar-refractivity contribution in [3.63, 3.8) is 0 Å². The van der Waals surface area contributed by atoms with Gasteiger partial charge in [0.1, 0.15) is 0 Å². The van der Waals surface area contributed by atoms with Crippen molar-refractivity contribution in [3.05, 3.63) is 35.9 Å². The van der Waals surface area contributed by atoms with Crippen LogP contribution in [0, 0.1) is 5.92 Å². The first kappa shape index (κ1) is 18.2. The van der Waals surface area contributed by atoms with Gasteiger partial charge in [-0.05, 0) is 57.7 Å². The number of guanidine groups is 1. The standard InChI is InChI=1S/C21H34N4/c1-3-22-20(23-15-18-9-7-14-25(2)16-18)24-17-21(12-8-13-21)19-10-5-4-6-11-19/h4-6,10-11,18H,3,7-9,12-17H2,1-2H3,(H2,22,23,24). The molecule has 4 heteroatoms. The number of rotatable bonds is 6. The largest absolute Gasteiger partial charge is 0.357 e. The average molecular weight is 343 g/mol. The zero-order valence-corrected chi connectivity index (χ0v) is 15.9. The molecule has 1 aliphatic carbocycles. The van der Waals surface area contributed by atoms with Crippen LogP contribution in [0.3, 0.4) is 0 Å². The number of hydrogen-bond donors (Lipinski definition) is 2. The first-order chi connectivity index (χ1) is 12.2. The number of hydrogen-bond acceptors (Lipinski definition) is 2. The molecule has 1 saturated heterocycles. The van der Waals surface area contributed by atoms with Crippen LogP contribution in [-0.4, -0.2) is 50.6 Å². The van der Waals surface area contributed by atoms with Crippen molar-refractivity contribution in [2.24, 2.45) is 10.9 Å². The van der Waals surface area contributed by atoms with Gasteiger partial charge in [-0.15, -0.1) is 0 Å². The fourth-order valence-corrected chi connectivity index (χ4v) is 4.19. The lowest BCUT2D eigenvalue weighted by molar-refractivity contribution is 0.210. The third-order valence-electron chi connectivity index (χ3n) is 5.86. The van der Waals surface area contributed by atoms with E-state index in [0.29, 0.717) is 0 Å². The van der Waals surface area contributed by atoms with Gasteiger partial charge in [-0.1, -0.05) is 36.8 Å². The lowest BCUT2D eigenvalue weighted by Gasteiger charge is -2.41. The number of benzene rings is 1. The van der Waals surface area contributed by atoms with Crippen molar-refractivity contribution in [3.8, 4) is 0 Å².